The van der Waals surface area contributed by atoms with Crippen LogP contribution in [0.3, 0.4) is 0 Å². The topological polar surface area (TPSA) is 37.8 Å². The molecule has 104 valence electrons. The van der Waals surface area contributed by atoms with Crippen LogP contribution in [0.4, 0.5) is 0 Å². The summed E-state index contributed by atoms with van der Waals surface area (Å²) in [6, 6.07) is 19.9. The minimum absolute atomic E-state index is 0.00830. The molecule has 2 aromatic carbocycles. The molecule has 1 heterocycles. The normalized spacial score (nSPS) is 11.0. The van der Waals surface area contributed by atoms with Gasteiger partial charge in [-0.15, -0.1) is 0 Å². The fourth-order valence-corrected chi connectivity index (χ4v) is 2.18. The first-order chi connectivity index (χ1) is 10.3. The molecule has 0 aliphatic carbocycles. The standard InChI is InChI=1S/C18H16N2O/c21-18-17(12-11-15-7-3-1-4-8-15)13-19-20(18)14-16-9-5-2-6-10-16/h1-13,19H,14H2/b12-11+. The number of aromatic nitrogens is 2. The molecule has 1 N–H and O–H groups in total. The lowest BCUT2D eigenvalue weighted by Crippen LogP contribution is -2.18. The summed E-state index contributed by atoms with van der Waals surface area (Å²) < 4.78 is 1.61. The van der Waals surface area contributed by atoms with E-state index in [0.717, 1.165) is 11.1 Å². The molecule has 0 bridgehead atoms. The highest BCUT2D eigenvalue weighted by Gasteiger charge is 2.03. The molecule has 0 amide bonds. The van der Waals surface area contributed by atoms with Crippen LogP contribution in [0.15, 0.2) is 71.7 Å². The Bertz CT molecular complexity index is 783. The minimum atomic E-state index is -0.00830. The molecule has 0 aliphatic rings. The zero-order valence-electron chi connectivity index (χ0n) is 11.6. The summed E-state index contributed by atoms with van der Waals surface area (Å²) in [5.41, 5.74) is 2.83. The van der Waals surface area contributed by atoms with Crippen LogP contribution in [0.2, 0.25) is 0 Å². The maximum atomic E-state index is 12.3. The molecular formula is C18H16N2O. The fourth-order valence-electron chi connectivity index (χ4n) is 2.18. The summed E-state index contributed by atoms with van der Waals surface area (Å²) >= 11 is 0. The maximum Gasteiger partial charge on any atom is 0.274 e. The summed E-state index contributed by atoms with van der Waals surface area (Å²) in [6.07, 6.45) is 5.53. The highest BCUT2D eigenvalue weighted by molar-refractivity contribution is 5.68. The van der Waals surface area contributed by atoms with Crippen LogP contribution in [0.1, 0.15) is 16.7 Å². The Morgan fingerprint density at radius 2 is 1.57 bits per heavy atom. The van der Waals surface area contributed by atoms with Crippen LogP contribution in [0, 0.1) is 0 Å². The molecule has 1 aromatic heterocycles. The SMILES string of the molecule is O=c1c(/C=C/c2ccccc2)c[nH]n1Cc1ccccc1. The van der Waals surface area contributed by atoms with E-state index in [0.29, 0.717) is 12.1 Å². The highest BCUT2D eigenvalue weighted by atomic mass is 16.1. The zero-order valence-corrected chi connectivity index (χ0v) is 11.6. The Kier molecular flexibility index (Phi) is 3.83. The van der Waals surface area contributed by atoms with Gasteiger partial charge in [-0.05, 0) is 17.2 Å². The molecule has 3 heteroatoms. The third kappa shape index (κ3) is 3.20. The van der Waals surface area contributed by atoms with Crippen LogP contribution in [-0.4, -0.2) is 9.78 Å². The van der Waals surface area contributed by atoms with E-state index < -0.39 is 0 Å². The molecule has 0 saturated carbocycles. The van der Waals surface area contributed by atoms with E-state index >= 15 is 0 Å². The van der Waals surface area contributed by atoms with Gasteiger partial charge >= 0.3 is 0 Å². The van der Waals surface area contributed by atoms with E-state index in [2.05, 4.69) is 5.10 Å². The number of hydrogen-bond acceptors (Lipinski definition) is 1. The summed E-state index contributed by atoms with van der Waals surface area (Å²) in [6.45, 7) is 0.554. The van der Waals surface area contributed by atoms with Crippen molar-refractivity contribution in [3.05, 3.63) is 93.9 Å². The number of aromatic amines is 1. The molecule has 0 atom stereocenters. The highest BCUT2D eigenvalue weighted by Crippen LogP contribution is 2.05. The van der Waals surface area contributed by atoms with Crippen molar-refractivity contribution in [3.8, 4) is 0 Å². The Morgan fingerprint density at radius 1 is 0.905 bits per heavy atom. The molecular weight excluding hydrogens is 260 g/mol. The Hall–Kier alpha value is -2.81. The first kappa shape index (κ1) is 13.2. The second-order valence-corrected chi connectivity index (χ2v) is 4.85. The molecule has 3 rings (SSSR count). The van der Waals surface area contributed by atoms with Gasteiger partial charge in [0.05, 0.1) is 12.1 Å². The third-order valence-corrected chi connectivity index (χ3v) is 3.31. The number of nitrogens with zero attached hydrogens (tertiary/aromatic N) is 1. The molecule has 0 radical (unpaired) electrons. The second kappa shape index (κ2) is 6.09. The number of hydrogen-bond donors (Lipinski definition) is 1. The average molecular weight is 276 g/mol. The number of benzene rings is 2. The van der Waals surface area contributed by atoms with Crippen LogP contribution in [0.25, 0.3) is 12.2 Å². The molecule has 21 heavy (non-hydrogen) atoms. The molecule has 0 unspecified atom stereocenters. The van der Waals surface area contributed by atoms with Crippen molar-refractivity contribution in [1.82, 2.24) is 9.78 Å². The molecule has 3 nitrogen and oxygen atoms in total. The van der Waals surface area contributed by atoms with Crippen molar-refractivity contribution in [3.63, 3.8) is 0 Å². The average Bonchev–Trinajstić information content (AvgIpc) is 2.88. The first-order valence-corrected chi connectivity index (χ1v) is 6.88. The van der Waals surface area contributed by atoms with Crippen molar-refractivity contribution in [1.29, 1.82) is 0 Å². The van der Waals surface area contributed by atoms with E-state index in [1.807, 2.05) is 72.8 Å². The fraction of sp³-hybridized carbons (Fsp3) is 0.0556. The predicted octanol–water partition coefficient (Wildman–Crippen LogP) is 3.40. The lowest BCUT2D eigenvalue weighted by Gasteiger charge is -2.00. The van der Waals surface area contributed by atoms with Crippen molar-refractivity contribution in [2.45, 2.75) is 6.54 Å². The van der Waals surface area contributed by atoms with Crippen LogP contribution in [0.5, 0.6) is 0 Å². The third-order valence-electron chi connectivity index (χ3n) is 3.31. The Balaban J connectivity index is 1.80. The van der Waals surface area contributed by atoms with Gasteiger partial charge in [-0.1, -0.05) is 66.7 Å². The van der Waals surface area contributed by atoms with E-state index in [1.165, 1.54) is 0 Å². The number of H-pyrrole nitrogens is 1. The molecule has 0 spiro atoms. The Labute approximate surface area is 123 Å². The minimum Gasteiger partial charge on any atom is -0.302 e. The maximum absolute atomic E-state index is 12.3. The smallest absolute Gasteiger partial charge is 0.274 e. The summed E-state index contributed by atoms with van der Waals surface area (Å²) in [5.74, 6) is 0. The van der Waals surface area contributed by atoms with E-state index in [-0.39, 0.29) is 5.56 Å². The van der Waals surface area contributed by atoms with Gasteiger partial charge < -0.3 is 5.10 Å². The van der Waals surface area contributed by atoms with Crippen molar-refractivity contribution >= 4 is 12.2 Å². The Morgan fingerprint density at radius 3 is 2.29 bits per heavy atom. The van der Waals surface area contributed by atoms with Crippen LogP contribution < -0.4 is 5.56 Å². The van der Waals surface area contributed by atoms with E-state index in [1.54, 1.807) is 10.9 Å². The van der Waals surface area contributed by atoms with Crippen molar-refractivity contribution in [2.75, 3.05) is 0 Å². The zero-order chi connectivity index (χ0) is 14.5. The first-order valence-electron chi connectivity index (χ1n) is 6.88. The molecule has 0 fully saturated rings. The van der Waals surface area contributed by atoms with Crippen molar-refractivity contribution < 1.29 is 0 Å². The second-order valence-electron chi connectivity index (χ2n) is 4.85. The van der Waals surface area contributed by atoms with Gasteiger partial charge in [0.25, 0.3) is 5.56 Å². The van der Waals surface area contributed by atoms with Gasteiger partial charge in [0, 0.05) is 6.20 Å². The summed E-state index contributed by atoms with van der Waals surface area (Å²) in [7, 11) is 0. The van der Waals surface area contributed by atoms with Gasteiger partial charge in [0.15, 0.2) is 0 Å². The predicted molar refractivity (Wildman–Crippen MR) is 86.0 cm³/mol. The number of rotatable bonds is 4. The van der Waals surface area contributed by atoms with Gasteiger partial charge in [-0.2, -0.15) is 0 Å². The van der Waals surface area contributed by atoms with Gasteiger partial charge in [0.2, 0.25) is 0 Å². The van der Waals surface area contributed by atoms with Gasteiger partial charge in [-0.25, -0.2) is 4.68 Å². The van der Waals surface area contributed by atoms with Crippen LogP contribution in [-0.2, 0) is 6.54 Å². The van der Waals surface area contributed by atoms with E-state index in [9.17, 15) is 4.79 Å². The monoisotopic (exact) mass is 276 g/mol. The lowest BCUT2D eigenvalue weighted by atomic mass is 10.2. The lowest BCUT2D eigenvalue weighted by molar-refractivity contribution is 0.663. The van der Waals surface area contributed by atoms with Crippen molar-refractivity contribution in [2.24, 2.45) is 0 Å². The van der Waals surface area contributed by atoms with Crippen LogP contribution >= 0.6 is 0 Å². The molecule has 0 saturated heterocycles. The summed E-state index contributed by atoms with van der Waals surface area (Å²) in [5, 5.41) is 3.01. The van der Waals surface area contributed by atoms with Gasteiger partial charge in [-0.3, -0.25) is 4.79 Å². The van der Waals surface area contributed by atoms with Gasteiger partial charge in [0.1, 0.15) is 0 Å². The molecule has 0 aliphatic heterocycles. The summed E-state index contributed by atoms with van der Waals surface area (Å²) in [4.78, 5) is 12.3. The number of nitrogens with one attached hydrogen (secondary N) is 1. The largest absolute Gasteiger partial charge is 0.302 e. The quantitative estimate of drug-likeness (QED) is 0.779. The molecule has 3 aromatic rings. The van der Waals surface area contributed by atoms with E-state index in [4.69, 9.17) is 0 Å².